The molecule has 0 aliphatic carbocycles. The molecule has 1 aromatic rings. The average molecular weight is 245 g/mol. The van der Waals surface area contributed by atoms with Crippen LogP contribution in [0.4, 0.5) is 13.2 Å². The number of hydrogen-bond donors (Lipinski definition) is 1. The highest BCUT2D eigenvalue weighted by atomic mass is 19.2. The summed E-state index contributed by atoms with van der Waals surface area (Å²) in [5, 5.41) is 8.85. The molecule has 1 atom stereocenters. The number of carbonyl (C=O) groups is 1. The minimum Gasteiger partial charge on any atom is -0.376 e. The summed E-state index contributed by atoms with van der Waals surface area (Å²) in [6.45, 7) is -0.249. The van der Waals surface area contributed by atoms with E-state index in [4.69, 9.17) is 5.11 Å². The van der Waals surface area contributed by atoms with Crippen LogP contribution in [0.1, 0.15) is 17.9 Å². The second-order valence-corrected chi connectivity index (χ2v) is 3.96. The maximum atomic E-state index is 13.0. The summed E-state index contributed by atoms with van der Waals surface area (Å²) in [5.41, 5.74) is 0.228. The normalized spacial score (nSPS) is 20.1. The molecule has 0 unspecified atom stereocenters. The van der Waals surface area contributed by atoms with Gasteiger partial charge in [0.2, 0.25) is 5.91 Å². The highest BCUT2D eigenvalue weighted by molar-refractivity contribution is 5.79. The van der Waals surface area contributed by atoms with Gasteiger partial charge in [0.15, 0.2) is 17.5 Å². The predicted molar refractivity (Wildman–Crippen MR) is 52.5 cm³/mol. The SMILES string of the molecule is O=C1C[C@@H](c2cc(F)c(F)c(F)c2)CN1CO. The van der Waals surface area contributed by atoms with Crippen LogP contribution in [0.25, 0.3) is 0 Å². The van der Waals surface area contributed by atoms with E-state index in [1.807, 2.05) is 0 Å². The quantitative estimate of drug-likeness (QED) is 0.799. The summed E-state index contributed by atoms with van der Waals surface area (Å²) >= 11 is 0. The zero-order valence-electron chi connectivity index (χ0n) is 8.79. The van der Waals surface area contributed by atoms with Crippen molar-refractivity contribution in [1.82, 2.24) is 4.90 Å². The van der Waals surface area contributed by atoms with Gasteiger partial charge in [-0.2, -0.15) is 0 Å². The van der Waals surface area contributed by atoms with Crippen molar-refractivity contribution < 1.29 is 23.1 Å². The third-order valence-electron chi connectivity index (χ3n) is 2.86. The van der Waals surface area contributed by atoms with Crippen molar-refractivity contribution >= 4 is 5.91 Å². The molecule has 2 rings (SSSR count). The molecule has 0 spiro atoms. The van der Waals surface area contributed by atoms with Gasteiger partial charge in [0.25, 0.3) is 0 Å². The molecule has 0 saturated carbocycles. The molecule has 1 amide bonds. The van der Waals surface area contributed by atoms with Gasteiger partial charge in [-0.25, -0.2) is 13.2 Å². The number of benzene rings is 1. The lowest BCUT2D eigenvalue weighted by molar-refractivity contribution is -0.130. The van der Waals surface area contributed by atoms with Crippen molar-refractivity contribution in [3.05, 3.63) is 35.1 Å². The Morgan fingerprint density at radius 2 is 1.88 bits per heavy atom. The molecule has 3 nitrogen and oxygen atoms in total. The third-order valence-corrected chi connectivity index (χ3v) is 2.86. The Kier molecular flexibility index (Phi) is 3.06. The monoisotopic (exact) mass is 245 g/mol. The fraction of sp³-hybridized carbons (Fsp3) is 0.364. The second kappa shape index (κ2) is 4.37. The van der Waals surface area contributed by atoms with Gasteiger partial charge in [-0.3, -0.25) is 4.79 Å². The summed E-state index contributed by atoms with van der Waals surface area (Å²) < 4.78 is 38.8. The highest BCUT2D eigenvalue weighted by Crippen LogP contribution is 2.29. The van der Waals surface area contributed by atoms with Crippen LogP contribution in [0.3, 0.4) is 0 Å². The smallest absolute Gasteiger partial charge is 0.225 e. The second-order valence-electron chi connectivity index (χ2n) is 3.96. The molecule has 1 heterocycles. The van der Waals surface area contributed by atoms with Gasteiger partial charge < -0.3 is 10.0 Å². The van der Waals surface area contributed by atoms with E-state index in [1.54, 1.807) is 0 Å². The third kappa shape index (κ3) is 2.12. The van der Waals surface area contributed by atoms with Crippen LogP contribution in [-0.2, 0) is 4.79 Å². The first-order valence-electron chi connectivity index (χ1n) is 5.06. The molecule has 17 heavy (non-hydrogen) atoms. The maximum absolute atomic E-state index is 13.0. The van der Waals surface area contributed by atoms with E-state index in [9.17, 15) is 18.0 Å². The largest absolute Gasteiger partial charge is 0.376 e. The zero-order valence-corrected chi connectivity index (χ0v) is 8.79. The average Bonchev–Trinajstić information content (AvgIpc) is 2.66. The molecule has 1 aromatic carbocycles. The van der Waals surface area contributed by atoms with E-state index in [0.717, 1.165) is 12.1 Å². The number of amides is 1. The van der Waals surface area contributed by atoms with Crippen LogP contribution in [0.5, 0.6) is 0 Å². The van der Waals surface area contributed by atoms with Crippen LogP contribution in [0.15, 0.2) is 12.1 Å². The van der Waals surface area contributed by atoms with Crippen LogP contribution in [0, 0.1) is 17.5 Å². The standard InChI is InChI=1S/C11H10F3NO2/c12-8-1-6(2-9(13)11(8)14)7-3-10(17)15(4-7)5-16/h1-2,7,16H,3-5H2/t7-/m1/s1. The lowest BCUT2D eigenvalue weighted by atomic mass is 9.98. The number of likely N-dealkylation sites (tertiary alicyclic amines) is 1. The number of carbonyl (C=O) groups excluding carboxylic acids is 1. The van der Waals surface area contributed by atoms with Gasteiger partial charge in [-0.05, 0) is 17.7 Å². The molecular formula is C11H10F3NO2. The van der Waals surface area contributed by atoms with Gasteiger partial charge in [0.1, 0.15) is 6.73 Å². The Hall–Kier alpha value is -1.56. The summed E-state index contributed by atoms with van der Waals surface area (Å²) in [4.78, 5) is 12.5. The van der Waals surface area contributed by atoms with Crippen molar-refractivity contribution in [2.75, 3.05) is 13.3 Å². The van der Waals surface area contributed by atoms with Gasteiger partial charge in [0.05, 0.1) is 0 Å². The van der Waals surface area contributed by atoms with Crippen LogP contribution >= 0.6 is 0 Å². The highest BCUT2D eigenvalue weighted by Gasteiger charge is 2.31. The Balaban J connectivity index is 2.28. The number of aliphatic hydroxyl groups excluding tert-OH is 1. The molecule has 0 bridgehead atoms. The minimum absolute atomic E-state index is 0.0606. The summed E-state index contributed by atoms with van der Waals surface area (Å²) in [5.74, 6) is -4.76. The summed E-state index contributed by atoms with van der Waals surface area (Å²) in [7, 11) is 0. The zero-order chi connectivity index (χ0) is 12.6. The Morgan fingerprint density at radius 3 is 2.35 bits per heavy atom. The molecule has 0 radical (unpaired) electrons. The topological polar surface area (TPSA) is 40.5 Å². The van der Waals surface area contributed by atoms with Crippen molar-refractivity contribution in [3.8, 4) is 0 Å². The molecule has 1 fully saturated rings. The van der Waals surface area contributed by atoms with E-state index >= 15 is 0 Å². The van der Waals surface area contributed by atoms with E-state index < -0.39 is 30.1 Å². The van der Waals surface area contributed by atoms with E-state index in [1.165, 1.54) is 4.90 Å². The van der Waals surface area contributed by atoms with Crippen molar-refractivity contribution in [3.63, 3.8) is 0 Å². The summed E-state index contributed by atoms with van der Waals surface area (Å²) in [6.07, 6.45) is 0.0606. The first kappa shape index (κ1) is 11.9. The predicted octanol–water partition coefficient (Wildman–Crippen LogP) is 1.37. The lowest BCUT2D eigenvalue weighted by Crippen LogP contribution is -2.25. The number of hydrogen-bond acceptors (Lipinski definition) is 2. The molecule has 1 aliphatic rings. The molecule has 92 valence electrons. The fourth-order valence-corrected chi connectivity index (χ4v) is 1.94. The number of nitrogens with zero attached hydrogens (tertiary/aromatic N) is 1. The van der Waals surface area contributed by atoms with Gasteiger partial charge in [-0.15, -0.1) is 0 Å². The Labute approximate surface area is 95.5 Å². The van der Waals surface area contributed by atoms with Gasteiger partial charge in [-0.1, -0.05) is 0 Å². The Morgan fingerprint density at radius 1 is 1.29 bits per heavy atom. The van der Waals surface area contributed by atoms with Crippen LogP contribution in [-0.4, -0.2) is 29.2 Å². The van der Waals surface area contributed by atoms with Crippen LogP contribution < -0.4 is 0 Å². The molecule has 1 N–H and O–H groups in total. The number of halogens is 3. The number of aliphatic hydroxyl groups is 1. The lowest BCUT2D eigenvalue weighted by Gasteiger charge is -2.13. The van der Waals surface area contributed by atoms with Crippen LogP contribution in [0.2, 0.25) is 0 Å². The first-order valence-corrected chi connectivity index (χ1v) is 5.06. The molecule has 1 saturated heterocycles. The fourth-order valence-electron chi connectivity index (χ4n) is 1.94. The Bertz CT molecular complexity index is 441. The van der Waals surface area contributed by atoms with Gasteiger partial charge in [0, 0.05) is 18.9 Å². The number of rotatable bonds is 2. The molecule has 0 aromatic heterocycles. The molecule has 6 heteroatoms. The summed E-state index contributed by atoms with van der Waals surface area (Å²) in [6, 6.07) is 1.77. The van der Waals surface area contributed by atoms with E-state index in [0.29, 0.717) is 0 Å². The first-order chi connectivity index (χ1) is 8.02. The molecule has 1 aliphatic heterocycles. The van der Waals surface area contributed by atoms with Gasteiger partial charge >= 0.3 is 0 Å². The van der Waals surface area contributed by atoms with Crippen molar-refractivity contribution in [2.24, 2.45) is 0 Å². The van der Waals surface area contributed by atoms with E-state index in [2.05, 4.69) is 0 Å². The maximum Gasteiger partial charge on any atom is 0.225 e. The van der Waals surface area contributed by atoms with Crippen molar-refractivity contribution in [2.45, 2.75) is 12.3 Å². The minimum atomic E-state index is -1.52. The van der Waals surface area contributed by atoms with Crippen molar-refractivity contribution in [1.29, 1.82) is 0 Å². The molecular weight excluding hydrogens is 235 g/mol. The van der Waals surface area contributed by atoms with E-state index in [-0.39, 0.29) is 24.4 Å².